The molecule has 3 aliphatic rings. The van der Waals surface area contributed by atoms with Crippen LogP contribution in [-0.4, -0.2) is 7.50 Å². The smallest absolute Gasteiger partial charge is 1.00 e. The van der Waals surface area contributed by atoms with Crippen LogP contribution in [0.1, 0.15) is 17.2 Å². The van der Waals surface area contributed by atoms with E-state index in [1.165, 1.54) is 16.7 Å². The average molecular weight is 483 g/mol. The molecule has 0 radical (unpaired) electrons. The topological polar surface area (TPSA) is 0 Å². The Morgan fingerprint density at radius 3 is 2.32 bits per heavy atom. The molecule has 2 unspecified atom stereocenters. The summed E-state index contributed by atoms with van der Waals surface area (Å²) in [5, 5.41) is 0.572. The van der Waals surface area contributed by atoms with Gasteiger partial charge in [-0.15, -0.1) is 0 Å². The van der Waals surface area contributed by atoms with Crippen LogP contribution < -0.4 is 24.8 Å². The van der Waals surface area contributed by atoms with Crippen LogP contribution in [0.25, 0.3) is 0 Å². The van der Waals surface area contributed by atoms with Crippen LogP contribution in [-0.2, 0) is 26.2 Å². The van der Waals surface area contributed by atoms with Gasteiger partial charge >= 0.3 is 26.2 Å². The number of hydrogen-bond donors (Lipinski definition) is 0. The van der Waals surface area contributed by atoms with Crippen molar-refractivity contribution in [3.05, 3.63) is 94.0 Å². The predicted octanol–water partition coefficient (Wildman–Crippen LogP) is -0.0966. The molecule has 128 valence electrons. The van der Waals surface area contributed by atoms with Crippen LogP contribution >= 0.6 is 9.89 Å². The fourth-order valence-corrected chi connectivity index (χ4v) is 10.4. The molecular weight excluding hydrogens is 463 g/mol. The minimum Gasteiger partial charge on any atom is -1.00 e. The Bertz CT molecular complexity index is 829. The minimum absolute atomic E-state index is 0. The molecule has 2 aliphatic carbocycles. The molecule has 0 saturated carbocycles. The fraction of sp³-hybridized carbons (Fsp3) is 0.200. The summed E-state index contributed by atoms with van der Waals surface area (Å²) in [6, 6.07) is 11.2. The summed E-state index contributed by atoms with van der Waals surface area (Å²) >= 11 is 0. The molecule has 0 bridgehead atoms. The normalized spacial score (nSPS) is 22.5. The first-order valence-corrected chi connectivity index (χ1v) is 12.4. The van der Waals surface area contributed by atoms with Gasteiger partial charge in [0.25, 0.3) is 0 Å². The summed E-state index contributed by atoms with van der Waals surface area (Å²) < 4.78 is 0. The molecule has 1 aromatic rings. The maximum Gasteiger partial charge on any atom is 2.00 e. The Balaban J connectivity index is 0.00000104. The largest absolute Gasteiger partial charge is 2.00 e. The monoisotopic (exact) mass is 480 g/mol. The van der Waals surface area contributed by atoms with Gasteiger partial charge in [0, 0.05) is 17.7 Å². The number of rotatable bonds is 2. The van der Waals surface area contributed by atoms with Gasteiger partial charge in [-0.3, -0.25) is 0 Å². The molecule has 0 amide bonds. The molecule has 25 heavy (non-hydrogen) atoms. The van der Waals surface area contributed by atoms with Crippen LogP contribution in [0.3, 0.4) is 0 Å². The van der Waals surface area contributed by atoms with Gasteiger partial charge in [0.15, 0.2) is 0 Å². The number of fused-ring (bicyclic) bond motifs is 1. The third kappa shape index (κ3) is 4.12. The average Bonchev–Trinajstić information content (AvgIpc) is 3.23. The van der Waals surface area contributed by atoms with E-state index in [4.69, 9.17) is 0 Å². The van der Waals surface area contributed by atoms with Crippen LogP contribution in [0, 0.1) is 0 Å². The van der Waals surface area contributed by atoms with Gasteiger partial charge in [0.2, 0.25) is 0 Å². The van der Waals surface area contributed by atoms with Crippen molar-refractivity contribution >= 4 is 17.4 Å². The zero-order valence-electron chi connectivity index (χ0n) is 14.3. The molecule has 0 nitrogen and oxygen atoms in total. The van der Waals surface area contributed by atoms with Crippen LogP contribution in [0.5, 0.6) is 0 Å². The van der Waals surface area contributed by atoms with E-state index in [9.17, 15) is 0 Å². The van der Waals surface area contributed by atoms with Crippen molar-refractivity contribution in [1.82, 2.24) is 0 Å². The molecular formula is C20H20Cl2SSiZr. The Kier molecular flexibility index (Phi) is 8.98. The van der Waals surface area contributed by atoms with Crippen molar-refractivity contribution < 1.29 is 51.0 Å². The summed E-state index contributed by atoms with van der Waals surface area (Å²) in [5.74, 6) is 0. The van der Waals surface area contributed by atoms with Crippen LogP contribution in [0.4, 0.5) is 0 Å². The van der Waals surface area contributed by atoms with Crippen LogP contribution in [0.15, 0.2) is 88.4 Å². The molecule has 1 heterocycles. The Hall–Kier alpha value is -0.0500. The molecule has 1 aromatic carbocycles. The van der Waals surface area contributed by atoms with Gasteiger partial charge in [-0.2, -0.15) is 9.89 Å². The third-order valence-corrected chi connectivity index (χ3v) is 11.2. The number of hydrogen-bond acceptors (Lipinski definition) is 0. The van der Waals surface area contributed by atoms with Gasteiger partial charge in [-0.05, 0) is 34.8 Å². The van der Waals surface area contributed by atoms with Crippen LogP contribution in [0.2, 0.25) is 13.1 Å². The minimum atomic E-state index is -0.391. The summed E-state index contributed by atoms with van der Waals surface area (Å²) in [7, 11) is -0.0330. The quantitative estimate of drug-likeness (QED) is 0.517. The SMILES string of the molecule is C[Si](C)=S1C2=CC=CC2=C(C2=CC=CC2)C1c1ccccc1.[Cl-].[Cl-].[Zr+2]. The Morgan fingerprint density at radius 2 is 1.72 bits per heavy atom. The fourth-order valence-electron chi connectivity index (χ4n) is 3.58. The van der Waals surface area contributed by atoms with E-state index < -0.39 is 7.50 Å². The molecule has 0 fully saturated rings. The second kappa shape index (κ2) is 9.76. The standard InChI is InChI=1S/C20H20SSi.2ClH.Zr/c1-22(2)21-18-14-8-13-17(18)19(15-9-6-7-10-15)20(21)16-11-4-3-5-12-16;;;/h3-9,11-14,20H,10H2,1-2H3;2*1H;/q;;;+2/p-2. The van der Waals surface area contributed by atoms with Gasteiger partial charge in [-0.1, -0.05) is 73.8 Å². The van der Waals surface area contributed by atoms with Gasteiger partial charge in [0.1, 0.15) is 0 Å². The van der Waals surface area contributed by atoms with Crippen molar-refractivity contribution in [1.29, 1.82) is 0 Å². The maximum absolute atomic E-state index is 2.48. The molecule has 0 N–H and O–H groups in total. The molecule has 1 aliphatic heterocycles. The van der Waals surface area contributed by atoms with E-state index in [0.29, 0.717) is 15.1 Å². The second-order valence-electron chi connectivity index (χ2n) is 6.08. The first-order chi connectivity index (χ1) is 10.8. The van der Waals surface area contributed by atoms with Crippen molar-refractivity contribution in [2.45, 2.75) is 24.8 Å². The van der Waals surface area contributed by atoms with Crippen molar-refractivity contribution in [2.75, 3.05) is 0 Å². The molecule has 2 atom stereocenters. The van der Waals surface area contributed by atoms with Gasteiger partial charge < -0.3 is 24.8 Å². The summed E-state index contributed by atoms with van der Waals surface area (Å²) in [6.07, 6.45) is 14.9. The third-order valence-electron chi connectivity index (χ3n) is 4.46. The van der Waals surface area contributed by atoms with Crippen molar-refractivity contribution in [3.63, 3.8) is 0 Å². The second-order valence-corrected chi connectivity index (χ2v) is 13.3. The molecule has 0 saturated heterocycles. The number of benzene rings is 1. The first-order valence-electron chi connectivity index (χ1n) is 7.84. The van der Waals surface area contributed by atoms with E-state index in [0.717, 1.165) is 6.42 Å². The van der Waals surface area contributed by atoms with E-state index in [2.05, 4.69) is 79.9 Å². The summed E-state index contributed by atoms with van der Waals surface area (Å²) in [4.78, 5) is 1.62. The molecule has 4 rings (SSSR count). The Morgan fingerprint density at radius 1 is 1.00 bits per heavy atom. The van der Waals surface area contributed by atoms with E-state index in [1.54, 1.807) is 10.5 Å². The van der Waals surface area contributed by atoms with Gasteiger partial charge in [-0.25, -0.2) is 0 Å². The number of halogens is 2. The zero-order chi connectivity index (χ0) is 15.1. The van der Waals surface area contributed by atoms with Crippen molar-refractivity contribution in [3.8, 4) is 0 Å². The zero-order valence-corrected chi connectivity index (χ0v) is 20.1. The molecule has 0 spiro atoms. The molecule has 5 heteroatoms. The molecule has 0 aromatic heterocycles. The predicted molar refractivity (Wildman–Crippen MR) is 100 cm³/mol. The summed E-state index contributed by atoms with van der Waals surface area (Å²) in [6.45, 7) is 4.95. The van der Waals surface area contributed by atoms with Crippen molar-refractivity contribution in [2.24, 2.45) is 0 Å². The maximum atomic E-state index is 2.48. The number of allylic oxidation sites excluding steroid dienone is 8. The first kappa shape index (κ1) is 23.0. The van der Waals surface area contributed by atoms with E-state index in [-0.39, 0.29) is 51.0 Å². The summed E-state index contributed by atoms with van der Waals surface area (Å²) in [5.41, 5.74) is 6.15. The Labute approximate surface area is 185 Å². The van der Waals surface area contributed by atoms with E-state index in [1.807, 2.05) is 0 Å². The van der Waals surface area contributed by atoms with E-state index >= 15 is 0 Å². The van der Waals surface area contributed by atoms with Gasteiger partial charge in [0.05, 0.1) is 0 Å².